The molecule has 0 spiro atoms. The van der Waals surface area contributed by atoms with Gasteiger partial charge in [-0.1, -0.05) is 39.0 Å². The molecule has 0 saturated heterocycles. The van der Waals surface area contributed by atoms with Gasteiger partial charge in [0.15, 0.2) is 0 Å². The van der Waals surface area contributed by atoms with Gasteiger partial charge in [0, 0.05) is 30.2 Å². The number of nitrogens with zero attached hydrogens (tertiary/aromatic N) is 1. The van der Waals surface area contributed by atoms with Crippen molar-refractivity contribution in [2.24, 2.45) is 0 Å². The zero-order valence-electron chi connectivity index (χ0n) is 15.9. The fourth-order valence-corrected chi connectivity index (χ4v) is 2.88. The van der Waals surface area contributed by atoms with Crippen molar-refractivity contribution >= 4 is 23.1 Å². The summed E-state index contributed by atoms with van der Waals surface area (Å²) in [7, 11) is 0. The van der Waals surface area contributed by atoms with Crippen molar-refractivity contribution in [2.75, 3.05) is 28.6 Å². The van der Waals surface area contributed by atoms with E-state index in [9.17, 15) is 4.79 Å². The van der Waals surface area contributed by atoms with Crippen molar-refractivity contribution < 1.29 is 4.79 Å². The summed E-state index contributed by atoms with van der Waals surface area (Å²) in [5.74, 6) is 0. The second kappa shape index (κ2) is 8.06. The molecule has 0 aliphatic heterocycles. The molecule has 0 radical (unpaired) electrons. The van der Waals surface area contributed by atoms with Crippen LogP contribution in [0.3, 0.4) is 0 Å². The van der Waals surface area contributed by atoms with Gasteiger partial charge in [-0.2, -0.15) is 0 Å². The fraction of sp³-hybridized carbons (Fsp3) is 0.381. The van der Waals surface area contributed by atoms with Crippen LogP contribution in [0.2, 0.25) is 0 Å². The summed E-state index contributed by atoms with van der Waals surface area (Å²) in [6.07, 6.45) is 0. The maximum Gasteiger partial charge on any atom is 0.323 e. The van der Waals surface area contributed by atoms with Crippen LogP contribution in [-0.2, 0) is 5.41 Å². The van der Waals surface area contributed by atoms with Gasteiger partial charge >= 0.3 is 6.03 Å². The van der Waals surface area contributed by atoms with E-state index >= 15 is 0 Å². The lowest BCUT2D eigenvalue weighted by Crippen LogP contribution is -2.23. The number of amides is 2. The second-order valence-electron chi connectivity index (χ2n) is 7.09. The molecule has 0 aliphatic rings. The molecular weight excluding hydrogens is 310 g/mol. The first-order valence-corrected chi connectivity index (χ1v) is 8.87. The van der Waals surface area contributed by atoms with Crippen LogP contribution in [0, 0.1) is 0 Å². The van der Waals surface area contributed by atoms with E-state index in [-0.39, 0.29) is 11.4 Å². The Bertz CT molecular complexity index is 698. The van der Waals surface area contributed by atoms with Crippen molar-refractivity contribution in [2.45, 2.75) is 40.0 Å². The number of nitrogens with one attached hydrogen (secondary N) is 2. The van der Waals surface area contributed by atoms with E-state index in [1.54, 1.807) is 0 Å². The van der Waals surface area contributed by atoms with Gasteiger partial charge < -0.3 is 15.5 Å². The van der Waals surface area contributed by atoms with Crippen LogP contribution < -0.4 is 15.5 Å². The summed E-state index contributed by atoms with van der Waals surface area (Å²) < 4.78 is 0. The fourth-order valence-electron chi connectivity index (χ4n) is 2.88. The van der Waals surface area contributed by atoms with Crippen LogP contribution in [-0.4, -0.2) is 19.1 Å². The van der Waals surface area contributed by atoms with Crippen LogP contribution in [0.15, 0.2) is 48.5 Å². The molecule has 0 atom stereocenters. The topological polar surface area (TPSA) is 44.4 Å². The summed E-state index contributed by atoms with van der Waals surface area (Å²) >= 11 is 0. The molecule has 0 heterocycles. The van der Waals surface area contributed by atoms with Crippen molar-refractivity contribution in [1.82, 2.24) is 0 Å². The number of hydrogen-bond donors (Lipinski definition) is 2. The van der Waals surface area contributed by atoms with Crippen LogP contribution >= 0.6 is 0 Å². The predicted octanol–water partition coefficient (Wildman–Crippen LogP) is 5.47. The molecular formula is C21H29N3O. The van der Waals surface area contributed by atoms with Gasteiger partial charge in [-0.15, -0.1) is 0 Å². The van der Waals surface area contributed by atoms with E-state index in [1.165, 1.54) is 0 Å². The highest BCUT2D eigenvalue weighted by molar-refractivity contribution is 6.00. The summed E-state index contributed by atoms with van der Waals surface area (Å²) in [5.41, 5.74) is 3.86. The van der Waals surface area contributed by atoms with E-state index in [4.69, 9.17) is 0 Å². The summed E-state index contributed by atoms with van der Waals surface area (Å²) in [6, 6.07) is 15.6. The zero-order chi connectivity index (χ0) is 18.4. The molecule has 0 aliphatic carbocycles. The third kappa shape index (κ3) is 4.99. The highest BCUT2D eigenvalue weighted by Gasteiger charge is 2.18. The van der Waals surface area contributed by atoms with Crippen molar-refractivity contribution in [3.63, 3.8) is 0 Å². The lowest BCUT2D eigenvalue weighted by molar-refractivity contribution is 0.262. The number of hydrogen-bond acceptors (Lipinski definition) is 2. The number of carbonyl (C=O) groups excluding carboxylic acids is 1. The van der Waals surface area contributed by atoms with Crippen molar-refractivity contribution in [3.05, 3.63) is 54.1 Å². The maximum atomic E-state index is 12.4. The third-order valence-corrected chi connectivity index (χ3v) is 4.24. The molecule has 2 aromatic rings. The van der Waals surface area contributed by atoms with Crippen LogP contribution in [0.1, 0.15) is 40.2 Å². The van der Waals surface area contributed by atoms with E-state index < -0.39 is 0 Å². The Morgan fingerprint density at radius 2 is 1.52 bits per heavy atom. The average molecular weight is 339 g/mol. The van der Waals surface area contributed by atoms with Gasteiger partial charge in [0.2, 0.25) is 0 Å². The van der Waals surface area contributed by atoms with Crippen LogP contribution in [0.5, 0.6) is 0 Å². The third-order valence-electron chi connectivity index (χ3n) is 4.24. The first-order chi connectivity index (χ1) is 11.8. The minimum atomic E-state index is -0.229. The lowest BCUT2D eigenvalue weighted by atomic mass is 9.86. The quantitative estimate of drug-likeness (QED) is 0.758. The van der Waals surface area contributed by atoms with Gasteiger partial charge in [-0.3, -0.25) is 0 Å². The molecule has 4 nitrogen and oxygen atoms in total. The first kappa shape index (κ1) is 18.8. The molecule has 4 heteroatoms. The standard InChI is InChI=1S/C21H29N3O/c1-6-24(7-2)17-14-12-16(13-15-17)22-20(25)23-19-11-9-8-10-18(19)21(3,4)5/h8-15H,6-7H2,1-5H3,(H2,22,23,25). The monoisotopic (exact) mass is 339 g/mol. The molecule has 2 rings (SSSR count). The molecule has 0 saturated carbocycles. The minimum absolute atomic E-state index is 0.0325. The van der Waals surface area contributed by atoms with Gasteiger partial charge in [-0.05, 0) is 55.2 Å². The number of anilines is 3. The van der Waals surface area contributed by atoms with Gasteiger partial charge in [-0.25, -0.2) is 4.79 Å². The molecule has 2 N–H and O–H groups in total. The molecule has 25 heavy (non-hydrogen) atoms. The molecule has 0 fully saturated rings. The summed E-state index contributed by atoms with van der Waals surface area (Å²) in [4.78, 5) is 14.6. The molecule has 2 aromatic carbocycles. The highest BCUT2D eigenvalue weighted by Crippen LogP contribution is 2.29. The zero-order valence-corrected chi connectivity index (χ0v) is 15.9. The Labute approximate surface area is 151 Å². The van der Waals surface area contributed by atoms with E-state index in [0.29, 0.717) is 0 Å². The van der Waals surface area contributed by atoms with Crippen molar-refractivity contribution in [3.8, 4) is 0 Å². The van der Waals surface area contributed by atoms with E-state index in [2.05, 4.69) is 56.2 Å². The van der Waals surface area contributed by atoms with E-state index in [1.807, 2.05) is 42.5 Å². The maximum absolute atomic E-state index is 12.4. The molecule has 0 aromatic heterocycles. The Balaban J connectivity index is 2.06. The van der Waals surface area contributed by atoms with Crippen LogP contribution in [0.25, 0.3) is 0 Å². The van der Waals surface area contributed by atoms with Crippen LogP contribution in [0.4, 0.5) is 21.9 Å². The Kier molecular flexibility index (Phi) is 6.07. The summed E-state index contributed by atoms with van der Waals surface area (Å²) in [6.45, 7) is 12.6. The smallest absolute Gasteiger partial charge is 0.323 e. The first-order valence-electron chi connectivity index (χ1n) is 8.87. The second-order valence-corrected chi connectivity index (χ2v) is 7.09. The SMILES string of the molecule is CCN(CC)c1ccc(NC(=O)Nc2ccccc2C(C)(C)C)cc1. The number of carbonyl (C=O) groups is 1. The largest absolute Gasteiger partial charge is 0.372 e. The normalized spacial score (nSPS) is 11.1. The Morgan fingerprint density at radius 1 is 0.920 bits per heavy atom. The molecule has 2 amide bonds. The average Bonchev–Trinajstić information content (AvgIpc) is 2.57. The molecule has 0 unspecified atom stereocenters. The number of para-hydroxylation sites is 1. The van der Waals surface area contributed by atoms with Gasteiger partial charge in [0.1, 0.15) is 0 Å². The number of urea groups is 1. The minimum Gasteiger partial charge on any atom is -0.372 e. The predicted molar refractivity (Wildman–Crippen MR) is 108 cm³/mol. The van der Waals surface area contributed by atoms with E-state index in [0.717, 1.165) is 35.7 Å². The number of benzene rings is 2. The lowest BCUT2D eigenvalue weighted by Gasteiger charge is -2.23. The summed E-state index contributed by atoms with van der Waals surface area (Å²) in [5, 5.41) is 5.87. The van der Waals surface area contributed by atoms with Gasteiger partial charge in [0.25, 0.3) is 0 Å². The highest BCUT2D eigenvalue weighted by atomic mass is 16.2. The van der Waals surface area contributed by atoms with Gasteiger partial charge in [0.05, 0.1) is 0 Å². The van der Waals surface area contributed by atoms with Crippen molar-refractivity contribution in [1.29, 1.82) is 0 Å². The molecule has 0 bridgehead atoms. The Hall–Kier alpha value is -2.49. The molecule has 134 valence electrons. The number of rotatable bonds is 5. The Morgan fingerprint density at radius 3 is 2.08 bits per heavy atom.